The third-order valence-electron chi connectivity index (χ3n) is 5.75. The number of aliphatic hydroxyl groups excluding tert-OH is 1. The van der Waals surface area contributed by atoms with Crippen molar-refractivity contribution >= 4 is 34.3 Å². The van der Waals surface area contributed by atoms with Crippen molar-refractivity contribution in [3.63, 3.8) is 0 Å². The molecule has 1 aromatic heterocycles. The molecule has 1 aliphatic rings. The number of aliphatic hydroxyl groups is 1. The number of ether oxygens (including phenoxy) is 3. The maximum absolute atomic E-state index is 13.7. The molecule has 184 valence electrons. The van der Waals surface area contributed by atoms with Crippen LogP contribution in [0.1, 0.15) is 36.0 Å². The predicted octanol–water partition coefficient (Wildman–Crippen LogP) is 5.11. The monoisotopic (exact) mass is 499 g/mol. The van der Waals surface area contributed by atoms with E-state index >= 15 is 0 Å². The number of furan rings is 1. The highest BCUT2D eigenvalue weighted by atomic mass is 35.5. The molecule has 0 aliphatic carbocycles. The average molecular weight is 500 g/mol. The summed E-state index contributed by atoms with van der Waals surface area (Å²) in [5, 5.41) is 11.8. The molecule has 35 heavy (non-hydrogen) atoms. The van der Waals surface area contributed by atoms with Gasteiger partial charge in [0.1, 0.15) is 5.75 Å². The van der Waals surface area contributed by atoms with Crippen LogP contribution in [-0.2, 0) is 9.53 Å². The fourth-order valence-corrected chi connectivity index (χ4v) is 4.33. The van der Waals surface area contributed by atoms with Crippen LogP contribution in [0.15, 0.2) is 58.2 Å². The number of methoxy groups -OCH3 is 2. The number of rotatable bonds is 9. The number of Topliss-reactive ketones (excluding diaryl/α,β-unsaturated/α-hetero) is 1. The second-order valence-electron chi connectivity index (χ2n) is 8.32. The lowest BCUT2D eigenvalue weighted by Crippen LogP contribution is -2.34. The van der Waals surface area contributed by atoms with Crippen LogP contribution in [0.25, 0.3) is 11.0 Å². The maximum Gasteiger partial charge on any atom is 0.290 e. The van der Waals surface area contributed by atoms with E-state index in [1.54, 1.807) is 43.5 Å². The highest BCUT2D eigenvalue weighted by Crippen LogP contribution is 2.41. The Hall–Kier alpha value is -3.49. The molecule has 0 bridgehead atoms. The molecule has 0 fully saturated rings. The molecule has 4 rings (SSSR count). The molecule has 1 N–H and O–H groups in total. The van der Waals surface area contributed by atoms with Crippen LogP contribution in [-0.4, -0.2) is 55.2 Å². The summed E-state index contributed by atoms with van der Waals surface area (Å²) in [6.45, 7) is 4.20. The van der Waals surface area contributed by atoms with Crippen LogP contribution in [0, 0.1) is 0 Å². The van der Waals surface area contributed by atoms with Gasteiger partial charge >= 0.3 is 0 Å². The summed E-state index contributed by atoms with van der Waals surface area (Å²) in [6, 6.07) is 10.9. The Morgan fingerprint density at radius 3 is 2.49 bits per heavy atom. The molecule has 1 atom stereocenters. The number of benzene rings is 2. The normalized spacial score (nSPS) is 16.0. The van der Waals surface area contributed by atoms with Crippen molar-refractivity contribution < 1.29 is 33.3 Å². The minimum atomic E-state index is -0.838. The maximum atomic E-state index is 13.7. The van der Waals surface area contributed by atoms with Gasteiger partial charge in [-0.2, -0.15) is 0 Å². The summed E-state index contributed by atoms with van der Waals surface area (Å²) in [5.41, 5.74) is 0.898. The topological polar surface area (TPSA) is 98.4 Å². The molecule has 3 aromatic rings. The van der Waals surface area contributed by atoms with Gasteiger partial charge in [0.05, 0.1) is 38.5 Å². The Morgan fingerprint density at radius 2 is 1.86 bits per heavy atom. The van der Waals surface area contributed by atoms with Gasteiger partial charge in [0.25, 0.3) is 5.91 Å². The Bertz CT molecular complexity index is 1290. The molecule has 0 saturated carbocycles. The lowest BCUT2D eigenvalue weighted by Gasteiger charge is -2.27. The molecule has 2 heterocycles. The summed E-state index contributed by atoms with van der Waals surface area (Å²) in [4.78, 5) is 28.2. The fraction of sp³-hybridized carbons (Fsp3) is 0.308. The summed E-state index contributed by atoms with van der Waals surface area (Å²) in [7, 11) is 3.02. The van der Waals surface area contributed by atoms with Crippen molar-refractivity contribution in [3.8, 4) is 11.5 Å². The summed E-state index contributed by atoms with van der Waals surface area (Å²) in [6.07, 6.45) is -0.0350. The lowest BCUT2D eigenvalue weighted by molar-refractivity contribution is -0.130. The number of carbonyl (C=O) groups is 2. The van der Waals surface area contributed by atoms with E-state index in [1.165, 1.54) is 18.1 Å². The van der Waals surface area contributed by atoms with E-state index in [1.807, 2.05) is 13.8 Å². The minimum Gasteiger partial charge on any atom is -0.503 e. The molecule has 0 radical (unpaired) electrons. The molecular weight excluding hydrogens is 474 g/mol. The highest BCUT2D eigenvalue weighted by molar-refractivity contribution is 6.31. The SMILES string of the molecule is COc1ccc(C2C(C(=O)c3cc4cc(Cl)cc(OC)c4o3)=C(O)C(=O)N2CCOC(C)C)cc1. The summed E-state index contributed by atoms with van der Waals surface area (Å²) < 4.78 is 22.0. The third kappa shape index (κ3) is 4.72. The number of amides is 1. The van der Waals surface area contributed by atoms with Gasteiger partial charge in [-0.1, -0.05) is 23.7 Å². The standard InChI is InChI=1S/C26H26ClNO7/c1-14(2)34-10-9-28-22(15-5-7-18(32-3)8-6-15)21(24(30)26(28)31)23(29)19-12-16-11-17(27)13-20(33-4)25(16)35-19/h5-8,11-14,22,30H,9-10H2,1-4H3. The third-order valence-corrected chi connectivity index (χ3v) is 5.97. The van der Waals surface area contributed by atoms with E-state index in [0.717, 1.165) is 0 Å². The first kappa shape index (κ1) is 24.6. The van der Waals surface area contributed by atoms with Gasteiger partial charge in [-0.15, -0.1) is 0 Å². The molecule has 1 amide bonds. The lowest BCUT2D eigenvalue weighted by atomic mass is 9.95. The van der Waals surface area contributed by atoms with Crippen molar-refractivity contribution in [2.45, 2.75) is 26.0 Å². The number of fused-ring (bicyclic) bond motifs is 1. The first-order chi connectivity index (χ1) is 16.7. The van der Waals surface area contributed by atoms with Gasteiger partial charge < -0.3 is 28.6 Å². The largest absolute Gasteiger partial charge is 0.503 e. The number of carbonyl (C=O) groups excluding carboxylic acids is 2. The molecular formula is C26H26ClNO7. The van der Waals surface area contributed by atoms with E-state index < -0.39 is 23.5 Å². The van der Waals surface area contributed by atoms with Gasteiger partial charge in [0.2, 0.25) is 5.78 Å². The van der Waals surface area contributed by atoms with Gasteiger partial charge in [-0.3, -0.25) is 9.59 Å². The molecule has 1 unspecified atom stereocenters. The van der Waals surface area contributed by atoms with E-state index in [-0.39, 0.29) is 30.6 Å². The first-order valence-electron chi connectivity index (χ1n) is 11.1. The van der Waals surface area contributed by atoms with Gasteiger partial charge in [0, 0.05) is 23.0 Å². The second-order valence-corrected chi connectivity index (χ2v) is 8.76. The summed E-state index contributed by atoms with van der Waals surface area (Å²) >= 11 is 6.15. The smallest absolute Gasteiger partial charge is 0.290 e. The van der Waals surface area contributed by atoms with Crippen molar-refractivity contribution in [1.29, 1.82) is 0 Å². The van der Waals surface area contributed by atoms with Crippen molar-refractivity contribution in [2.75, 3.05) is 27.4 Å². The fourth-order valence-electron chi connectivity index (χ4n) is 4.12. The van der Waals surface area contributed by atoms with Crippen molar-refractivity contribution in [3.05, 3.63) is 70.1 Å². The van der Waals surface area contributed by atoms with Crippen LogP contribution in [0.2, 0.25) is 5.02 Å². The highest BCUT2D eigenvalue weighted by Gasteiger charge is 2.44. The van der Waals surface area contributed by atoms with Crippen LogP contribution < -0.4 is 9.47 Å². The molecule has 2 aromatic carbocycles. The molecule has 0 spiro atoms. The Kier molecular flexibility index (Phi) is 7.05. The van der Waals surface area contributed by atoms with E-state index in [2.05, 4.69) is 0 Å². The Labute approximate surface area is 207 Å². The van der Waals surface area contributed by atoms with Crippen LogP contribution in [0.3, 0.4) is 0 Å². The minimum absolute atomic E-state index is 0.0350. The van der Waals surface area contributed by atoms with Gasteiger partial charge in [0.15, 0.2) is 22.9 Å². The number of hydrogen-bond acceptors (Lipinski definition) is 7. The van der Waals surface area contributed by atoms with Crippen LogP contribution >= 0.6 is 11.6 Å². The second kappa shape index (κ2) is 10.0. The van der Waals surface area contributed by atoms with Crippen molar-refractivity contribution in [2.24, 2.45) is 0 Å². The summed E-state index contributed by atoms with van der Waals surface area (Å²) in [5.74, 6) is -0.947. The molecule has 1 aliphatic heterocycles. The van der Waals surface area contributed by atoms with E-state index in [4.69, 9.17) is 30.2 Å². The quantitative estimate of drug-likeness (QED) is 0.408. The number of halogens is 1. The zero-order valence-electron chi connectivity index (χ0n) is 19.8. The number of ketones is 1. The molecule has 9 heteroatoms. The average Bonchev–Trinajstić information content (AvgIpc) is 3.37. The Balaban J connectivity index is 1.77. The predicted molar refractivity (Wildman–Crippen MR) is 130 cm³/mol. The molecule has 8 nitrogen and oxygen atoms in total. The van der Waals surface area contributed by atoms with E-state index in [9.17, 15) is 14.7 Å². The van der Waals surface area contributed by atoms with E-state index in [0.29, 0.717) is 33.1 Å². The van der Waals surface area contributed by atoms with Crippen molar-refractivity contribution in [1.82, 2.24) is 4.90 Å². The van der Waals surface area contributed by atoms with Gasteiger partial charge in [-0.05, 0) is 43.7 Å². The number of nitrogens with zero attached hydrogens (tertiary/aromatic N) is 1. The molecule has 0 saturated heterocycles. The number of hydrogen-bond donors (Lipinski definition) is 1. The zero-order chi connectivity index (χ0) is 25.3. The van der Waals surface area contributed by atoms with Crippen LogP contribution in [0.5, 0.6) is 11.5 Å². The first-order valence-corrected chi connectivity index (χ1v) is 11.4. The van der Waals surface area contributed by atoms with Crippen LogP contribution in [0.4, 0.5) is 0 Å². The zero-order valence-corrected chi connectivity index (χ0v) is 20.6. The Morgan fingerprint density at radius 1 is 1.14 bits per heavy atom. The van der Waals surface area contributed by atoms with Gasteiger partial charge in [-0.25, -0.2) is 0 Å².